The fourth-order valence-electron chi connectivity index (χ4n) is 2.13. The van der Waals surface area contributed by atoms with Crippen LogP contribution in [0.25, 0.3) is 0 Å². The average molecular weight is 275 g/mol. The highest BCUT2D eigenvalue weighted by Crippen LogP contribution is 2.48. The van der Waals surface area contributed by atoms with Crippen LogP contribution in [0.5, 0.6) is 0 Å². The van der Waals surface area contributed by atoms with Gasteiger partial charge in [0.1, 0.15) is 0 Å². The number of methoxy groups -OCH3 is 1. The van der Waals surface area contributed by atoms with Crippen molar-refractivity contribution in [2.24, 2.45) is 0 Å². The van der Waals surface area contributed by atoms with Crippen LogP contribution in [0.3, 0.4) is 0 Å². The second-order valence-electron chi connectivity index (χ2n) is 4.60. The van der Waals surface area contributed by atoms with Gasteiger partial charge in [-0.25, -0.2) is 8.42 Å². The molecule has 1 aliphatic carbocycles. The van der Waals surface area contributed by atoms with Crippen molar-refractivity contribution in [1.82, 2.24) is 0 Å². The summed E-state index contributed by atoms with van der Waals surface area (Å²) in [6.45, 7) is 0.685. The van der Waals surface area contributed by atoms with Crippen LogP contribution in [-0.4, -0.2) is 22.1 Å². The van der Waals surface area contributed by atoms with Gasteiger partial charge in [-0.1, -0.05) is 24.3 Å². The first-order chi connectivity index (χ1) is 7.95. The molecule has 94 valence electrons. The van der Waals surface area contributed by atoms with E-state index in [0.29, 0.717) is 6.61 Å². The molecule has 0 radical (unpaired) electrons. The monoisotopic (exact) mass is 274 g/mol. The third-order valence-corrected chi connectivity index (χ3v) is 4.16. The van der Waals surface area contributed by atoms with Crippen LogP contribution in [0.2, 0.25) is 0 Å². The first-order valence-electron chi connectivity index (χ1n) is 5.46. The molecule has 0 atom stereocenters. The minimum Gasteiger partial charge on any atom is -0.384 e. The minimum atomic E-state index is -3.49. The summed E-state index contributed by atoms with van der Waals surface area (Å²) in [7, 11) is 3.46. The molecule has 17 heavy (non-hydrogen) atoms. The van der Waals surface area contributed by atoms with Gasteiger partial charge in [-0.2, -0.15) is 0 Å². The molecule has 0 N–H and O–H groups in total. The SMILES string of the molecule is COCC1(c2cccc(CS(=O)(=O)Cl)c2)CC1. The van der Waals surface area contributed by atoms with Crippen LogP contribution in [0, 0.1) is 0 Å². The van der Waals surface area contributed by atoms with Crippen LogP contribution >= 0.6 is 10.7 Å². The third kappa shape index (κ3) is 3.21. The molecule has 0 bridgehead atoms. The van der Waals surface area contributed by atoms with Crippen molar-refractivity contribution in [3.8, 4) is 0 Å². The summed E-state index contributed by atoms with van der Waals surface area (Å²) in [6.07, 6.45) is 2.19. The van der Waals surface area contributed by atoms with Gasteiger partial charge in [-0.15, -0.1) is 0 Å². The Bertz CT molecular complexity index is 506. The molecule has 1 fully saturated rings. The fourth-order valence-corrected chi connectivity index (χ4v) is 3.09. The number of hydrogen-bond acceptors (Lipinski definition) is 3. The smallest absolute Gasteiger partial charge is 0.236 e. The van der Waals surface area contributed by atoms with Crippen molar-refractivity contribution in [1.29, 1.82) is 0 Å². The number of benzene rings is 1. The minimum absolute atomic E-state index is 0.0981. The first kappa shape index (κ1) is 12.9. The lowest BCUT2D eigenvalue weighted by Gasteiger charge is -2.15. The molecule has 0 saturated heterocycles. The Morgan fingerprint density at radius 3 is 2.65 bits per heavy atom. The quantitative estimate of drug-likeness (QED) is 0.775. The van der Waals surface area contributed by atoms with Gasteiger partial charge in [0, 0.05) is 23.2 Å². The molecule has 1 aromatic rings. The summed E-state index contributed by atoms with van der Waals surface area (Å²) in [5.74, 6) is -0.120. The van der Waals surface area contributed by atoms with Crippen LogP contribution in [-0.2, 0) is 25.0 Å². The maximum Gasteiger partial charge on any atom is 0.236 e. The largest absolute Gasteiger partial charge is 0.384 e. The van der Waals surface area contributed by atoms with Crippen LogP contribution in [0.4, 0.5) is 0 Å². The first-order valence-corrected chi connectivity index (χ1v) is 7.94. The van der Waals surface area contributed by atoms with Gasteiger partial charge in [0.15, 0.2) is 0 Å². The Kier molecular flexibility index (Phi) is 3.48. The normalized spacial score (nSPS) is 18.0. The molecule has 3 nitrogen and oxygen atoms in total. The molecular formula is C12H15ClO3S. The van der Waals surface area contributed by atoms with Gasteiger partial charge in [0.05, 0.1) is 12.4 Å². The number of rotatable bonds is 5. The highest BCUT2D eigenvalue weighted by molar-refractivity contribution is 8.13. The molecule has 1 aliphatic rings. The Labute approximate surface area is 106 Å². The second kappa shape index (κ2) is 4.59. The summed E-state index contributed by atoms with van der Waals surface area (Å²) in [5, 5.41) is 0. The van der Waals surface area contributed by atoms with Crippen LogP contribution < -0.4 is 0 Å². The maximum atomic E-state index is 11.0. The molecule has 0 heterocycles. The molecule has 0 aliphatic heterocycles. The highest BCUT2D eigenvalue weighted by atomic mass is 35.7. The van der Waals surface area contributed by atoms with E-state index < -0.39 is 9.05 Å². The lowest BCUT2D eigenvalue weighted by atomic mass is 9.95. The molecule has 1 saturated carbocycles. The summed E-state index contributed by atoms with van der Waals surface area (Å²) in [5.41, 5.74) is 1.98. The average Bonchev–Trinajstić information content (AvgIpc) is 2.97. The molecule has 0 aromatic heterocycles. The molecular weight excluding hydrogens is 260 g/mol. The van der Waals surface area contributed by atoms with E-state index in [1.165, 1.54) is 0 Å². The Hall–Kier alpha value is -0.580. The van der Waals surface area contributed by atoms with Crippen LogP contribution in [0.15, 0.2) is 24.3 Å². The van der Waals surface area contributed by atoms with E-state index in [4.69, 9.17) is 15.4 Å². The van der Waals surface area contributed by atoms with Crippen molar-refractivity contribution < 1.29 is 13.2 Å². The topological polar surface area (TPSA) is 43.4 Å². The Morgan fingerprint density at radius 1 is 1.41 bits per heavy atom. The Balaban J connectivity index is 2.23. The van der Waals surface area contributed by atoms with Gasteiger partial charge in [-0.05, 0) is 24.0 Å². The summed E-state index contributed by atoms with van der Waals surface area (Å²) in [6, 6.07) is 7.61. The number of halogens is 1. The van der Waals surface area contributed by atoms with Gasteiger partial charge < -0.3 is 4.74 Å². The van der Waals surface area contributed by atoms with E-state index >= 15 is 0 Å². The lowest BCUT2D eigenvalue weighted by Crippen LogP contribution is -2.14. The van der Waals surface area contributed by atoms with E-state index in [9.17, 15) is 8.42 Å². The van der Waals surface area contributed by atoms with Gasteiger partial charge in [-0.3, -0.25) is 0 Å². The second-order valence-corrected chi connectivity index (χ2v) is 7.37. The molecule has 0 amide bonds. The fraction of sp³-hybridized carbons (Fsp3) is 0.500. The van der Waals surface area contributed by atoms with E-state index in [-0.39, 0.29) is 11.2 Å². The van der Waals surface area contributed by atoms with E-state index in [2.05, 4.69) is 0 Å². The lowest BCUT2D eigenvalue weighted by molar-refractivity contribution is 0.171. The molecule has 1 aromatic carbocycles. The summed E-state index contributed by atoms with van der Waals surface area (Å²) >= 11 is 0. The van der Waals surface area contributed by atoms with Crippen LogP contribution in [0.1, 0.15) is 24.0 Å². The highest BCUT2D eigenvalue weighted by Gasteiger charge is 2.44. The molecule has 5 heteroatoms. The predicted octanol–water partition coefficient (Wildman–Crippen LogP) is 2.43. The van der Waals surface area contributed by atoms with E-state index in [1.54, 1.807) is 13.2 Å². The number of hydrogen-bond donors (Lipinski definition) is 0. The van der Waals surface area contributed by atoms with Gasteiger partial charge in [0.2, 0.25) is 9.05 Å². The molecule has 0 unspecified atom stereocenters. The van der Waals surface area contributed by atoms with Gasteiger partial charge >= 0.3 is 0 Å². The van der Waals surface area contributed by atoms with E-state index in [1.807, 2.05) is 18.2 Å². The molecule has 0 spiro atoms. The zero-order valence-corrected chi connectivity index (χ0v) is 11.2. The zero-order chi connectivity index (χ0) is 12.5. The standard InChI is InChI=1S/C12H15ClO3S/c1-16-9-12(5-6-12)11-4-2-3-10(7-11)8-17(13,14)15/h2-4,7H,5-6,8-9H2,1H3. The summed E-state index contributed by atoms with van der Waals surface area (Å²) < 4.78 is 27.3. The predicted molar refractivity (Wildman–Crippen MR) is 67.7 cm³/mol. The van der Waals surface area contributed by atoms with Crippen molar-refractivity contribution in [3.05, 3.63) is 35.4 Å². The zero-order valence-electron chi connectivity index (χ0n) is 9.65. The summed E-state index contributed by atoms with van der Waals surface area (Å²) in [4.78, 5) is 0. The van der Waals surface area contributed by atoms with Crippen molar-refractivity contribution in [3.63, 3.8) is 0 Å². The van der Waals surface area contributed by atoms with Crippen molar-refractivity contribution in [2.75, 3.05) is 13.7 Å². The Morgan fingerprint density at radius 2 is 2.12 bits per heavy atom. The van der Waals surface area contributed by atoms with Gasteiger partial charge in [0.25, 0.3) is 0 Å². The molecule has 2 rings (SSSR count). The van der Waals surface area contributed by atoms with E-state index in [0.717, 1.165) is 24.0 Å². The van der Waals surface area contributed by atoms with Crippen molar-refractivity contribution in [2.45, 2.75) is 24.0 Å². The third-order valence-electron chi connectivity index (χ3n) is 3.15. The number of ether oxygens (including phenoxy) is 1. The maximum absolute atomic E-state index is 11.0. The van der Waals surface area contributed by atoms with Crippen molar-refractivity contribution >= 4 is 19.7 Å².